The van der Waals surface area contributed by atoms with Crippen LogP contribution in [0.1, 0.15) is 39.0 Å². The van der Waals surface area contributed by atoms with Crippen LogP contribution in [0.4, 0.5) is 0 Å². The molecule has 1 aliphatic carbocycles. The van der Waals surface area contributed by atoms with Gasteiger partial charge in [0.25, 0.3) is 0 Å². The third-order valence-corrected chi connectivity index (χ3v) is 4.81. The van der Waals surface area contributed by atoms with E-state index in [1.807, 2.05) is 19.1 Å². The van der Waals surface area contributed by atoms with Crippen molar-refractivity contribution < 1.29 is 5.11 Å². The summed E-state index contributed by atoms with van der Waals surface area (Å²) in [4.78, 5) is 0. The van der Waals surface area contributed by atoms with Crippen LogP contribution in [0.25, 0.3) is 0 Å². The van der Waals surface area contributed by atoms with Crippen molar-refractivity contribution >= 4 is 8.07 Å². The van der Waals surface area contributed by atoms with E-state index in [0.29, 0.717) is 0 Å². The van der Waals surface area contributed by atoms with Crippen molar-refractivity contribution in [2.75, 3.05) is 0 Å². The molecule has 1 nitrogen and oxygen atoms in total. The Morgan fingerprint density at radius 2 is 1.82 bits per heavy atom. The first-order valence-electron chi connectivity index (χ1n) is 6.96. The molecule has 0 aromatic carbocycles. The third-order valence-electron chi connectivity index (χ3n) is 3.36. The van der Waals surface area contributed by atoms with E-state index in [4.69, 9.17) is 0 Å². The molecule has 0 radical (unpaired) electrons. The Kier molecular flexibility index (Phi) is 5.67. The third kappa shape index (κ3) is 5.22. The molecule has 1 aliphatic rings. The largest absolute Gasteiger partial charge is 0.385 e. The van der Waals surface area contributed by atoms with Gasteiger partial charge in [0, 0.05) is 8.07 Å². The summed E-state index contributed by atoms with van der Waals surface area (Å²) in [7, 11) is -1.15. The van der Waals surface area contributed by atoms with E-state index in [-0.39, 0.29) is 6.10 Å². The molecular formula is C15H28OSi. The molecule has 0 aromatic rings. The van der Waals surface area contributed by atoms with Crippen molar-refractivity contribution in [1.82, 2.24) is 0 Å². The summed E-state index contributed by atoms with van der Waals surface area (Å²) in [6.07, 6.45) is 10.0. The summed E-state index contributed by atoms with van der Waals surface area (Å²) in [5, 5.41) is 10.3. The van der Waals surface area contributed by atoms with Crippen LogP contribution in [-0.4, -0.2) is 19.3 Å². The van der Waals surface area contributed by atoms with Gasteiger partial charge in [0.15, 0.2) is 0 Å². The second-order valence-corrected chi connectivity index (χ2v) is 11.9. The highest BCUT2D eigenvalue weighted by molar-refractivity contribution is 6.76. The van der Waals surface area contributed by atoms with Crippen molar-refractivity contribution in [3.05, 3.63) is 23.3 Å². The molecule has 1 rings (SSSR count). The summed E-state index contributed by atoms with van der Waals surface area (Å²) in [5.74, 6) is 0. The molecule has 0 bridgehead atoms. The molecule has 0 amide bonds. The number of rotatable bonds is 4. The maximum absolute atomic E-state index is 10.3. The van der Waals surface area contributed by atoms with Crippen LogP contribution in [0.5, 0.6) is 0 Å². The first-order valence-corrected chi connectivity index (χ1v) is 10.7. The molecule has 1 saturated carbocycles. The smallest absolute Gasteiger partial charge is 0.0931 e. The highest BCUT2D eigenvalue weighted by Crippen LogP contribution is 2.32. The van der Waals surface area contributed by atoms with Gasteiger partial charge in [0.05, 0.1) is 6.10 Å². The summed E-state index contributed by atoms with van der Waals surface area (Å²) in [6.45, 7) is 9.15. The van der Waals surface area contributed by atoms with Crippen LogP contribution in [-0.2, 0) is 0 Å². The van der Waals surface area contributed by atoms with E-state index in [2.05, 4.69) is 19.6 Å². The van der Waals surface area contributed by atoms with Crippen LogP contribution in [0, 0.1) is 0 Å². The minimum atomic E-state index is -1.15. The fourth-order valence-corrected chi connectivity index (χ4v) is 4.21. The Morgan fingerprint density at radius 3 is 2.29 bits per heavy atom. The van der Waals surface area contributed by atoms with Crippen molar-refractivity contribution in [3.63, 3.8) is 0 Å². The van der Waals surface area contributed by atoms with Gasteiger partial charge in [-0.2, -0.15) is 0 Å². The molecular weight excluding hydrogens is 224 g/mol. The van der Waals surface area contributed by atoms with E-state index in [1.54, 1.807) is 5.57 Å². The fraction of sp³-hybridized carbons (Fsp3) is 0.733. The molecule has 0 aromatic heterocycles. The summed E-state index contributed by atoms with van der Waals surface area (Å²) in [5.41, 5.74) is 2.91. The van der Waals surface area contributed by atoms with E-state index in [0.717, 1.165) is 6.04 Å². The summed E-state index contributed by atoms with van der Waals surface area (Å²) in [6, 6.07) is 1.15. The van der Waals surface area contributed by atoms with Crippen LogP contribution in [0.2, 0.25) is 25.7 Å². The van der Waals surface area contributed by atoms with Gasteiger partial charge in [0.1, 0.15) is 0 Å². The standard InChI is InChI=1S/C15H28OSi/c1-5-9-15(16)14(12-17(2,3)4)13-10-7-6-8-11-13/h5,9,15-16H,6-8,10-12H2,1-4H3/b9-5+. The molecule has 1 atom stereocenters. The van der Waals surface area contributed by atoms with Crippen molar-refractivity contribution in [2.45, 2.75) is 70.8 Å². The maximum atomic E-state index is 10.3. The lowest BCUT2D eigenvalue weighted by Crippen LogP contribution is -2.25. The van der Waals surface area contributed by atoms with E-state index in [9.17, 15) is 5.11 Å². The molecule has 17 heavy (non-hydrogen) atoms. The highest BCUT2D eigenvalue weighted by Gasteiger charge is 2.22. The predicted octanol–water partition coefficient (Wildman–Crippen LogP) is 4.52. The number of allylic oxidation sites excluding steroid dienone is 2. The lowest BCUT2D eigenvalue weighted by molar-refractivity contribution is 0.256. The Morgan fingerprint density at radius 1 is 1.24 bits per heavy atom. The monoisotopic (exact) mass is 252 g/mol. The second kappa shape index (κ2) is 6.55. The zero-order chi connectivity index (χ0) is 12.9. The van der Waals surface area contributed by atoms with Crippen molar-refractivity contribution in [3.8, 4) is 0 Å². The number of aliphatic hydroxyl groups is 1. The minimum Gasteiger partial charge on any atom is -0.385 e. The normalized spacial score (nSPS) is 19.7. The molecule has 0 spiro atoms. The van der Waals surface area contributed by atoms with E-state index >= 15 is 0 Å². The molecule has 98 valence electrons. The van der Waals surface area contributed by atoms with Crippen LogP contribution < -0.4 is 0 Å². The van der Waals surface area contributed by atoms with E-state index in [1.165, 1.54) is 37.7 Å². The Hall–Kier alpha value is -0.343. The van der Waals surface area contributed by atoms with Gasteiger partial charge in [-0.3, -0.25) is 0 Å². The molecule has 1 N–H and O–H groups in total. The lowest BCUT2D eigenvalue weighted by atomic mass is 9.89. The molecule has 1 unspecified atom stereocenters. The van der Waals surface area contributed by atoms with E-state index < -0.39 is 8.07 Å². The molecule has 0 saturated heterocycles. The highest BCUT2D eigenvalue weighted by atomic mass is 28.3. The fourth-order valence-electron chi connectivity index (χ4n) is 2.61. The average Bonchev–Trinajstić information content (AvgIpc) is 2.26. The first-order chi connectivity index (χ1) is 7.94. The summed E-state index contributed by atoms with van der Waals surface area (Å²) < 4.78 is 0. The van der Waals surface area contributed by atoms with Gasteiger partial charge >= 0.3 is 0 Å². The average molecular weight is 252 g/mol. The zero-order valence-electron chi connectivity index (χ0n) is 11.9. The Labute approximate surface area is 108 Å². The Balaban J connectivity index is 2.91. The quantitative estimate of drug-likeness (QED) is 0.576. The molecule has 1 fully saturated rings. The van der Waals surface area contributed by atoms with Gasteiger partial charge in [-0.1, -0.05) is 43.8 Å². The zero-order valence-corrected chi connectivity index (χ0v) is 12.9. The number of hydrogen-bond acceptors (Lipinski definition) is 1. The number of aliphatic hydroxyl groups excluding tert-OH is 1. The molecule has 0 aliphatic heterocycles. The van der Waals surface area contributed by atoms with Crippen LogP contribution >= 0.6 is 0 Å². The first kappa shape index (κ1) is 14.7. The van der Waals surface area contributed by atoms with Crippen LogP contribution in [0.3, 0.4) is 0 Å². The van der Waals surface area contributed by atoms with Gasteiger partial charge in [-0.25, -0.2) is 0 Å². The summed E-state index contributed by atoms with van der Waals surface area (Å²) >= 11 is 0. The van der Waals surface area contributed by atoms with Crippen molar-refractivity contribution in [2.24, 2.45) is 0 Å². The Bertz CT molecular complexity index is 289. The molecule has 2 heteroatoms. The number of hydrogen-bond donors (Lipinski definition) is 1. The van der Waals surface area contributed by atoms with Crippen LogP contribution in [0.15, 0.2) is 23.3 Å². The van der Waals surface area contributed by atoms with Crippen molar-refractivity contribution in [1.29, 1.82) is 0 Å². The topological polar surface area (TPSA) is 20.2 Å². The second-order valence-electron chi connectivity index (χ2n) is 6.40. The minimum absolute atomic E-state index is 0.333. The van der Waals surface area contributed by atoms with Gasteiger partial charge in [0.2, 0.25) is 0 Å². The van der Waals surface area contributed by atoms with Gasteiger partial charge in [-0.05, 0) is 44.2 Å². The lowest BCUT2D eigenvalue weighted by Gasteiger charge is -2.26. The molecule has 0 heterocycles. The SMILES string of the molecule is C/C=C/C(O)C(C[Si](C)(C)C)=C1CCCCC1. The predicted molar refractivity (Wildman–Crippen MR) is 79.1 cm³/mol. The van der Waals surface area contributed by atoms with Gasteiger partial charge < -0.3 is 5.11 Å². The maximum Gasteiger partial charge on any atom is 0.0931 e. The van der Waals surface area contributed by atoms with Gasteiger partial charge in [-0.15, -0.1) is 0 Å².